The highest BCUT2D eigenvalue weighted by Crippen LogP contribution is 2.54. The van der Waals surface area contributed by atoms with Crippen LogP contribution in [0.3, 0.4) is 0 Å². The molecular weight excluding hydrogens is 184 g/mol. The largest absolute Gasteiger partial charge is 0.481 e. The van der Waals surface area contributed by atoms with E-state index < -0.39 is 11.9 Å². The summed E-state index contributed by atoms with van der Waals surface area (Å²) in [5.41, 5.74) is -0.375. The molecule has 14 heavy (non-hydrogen) atoms. The first-order valence-electron chi connectivity index (χ1n) is 4.66. The van der Waals surface area contributed by atoms with Gasteiger partial charge in [0.2, 0.25) is 0 Å². The van der Waals surface area contributed by atoms with Gasteiger partial charge in [0.25, 0.3) is 0 Å². The first-order valence-corrected chi connectivity index (χ1v) is 4.66. The van der Waals surface area contributed by atoms with Crippen LogP contribution in [-0.4, -0.2) is 22.2 Å². The second-order valence-electron chi connectivity index (χ2n) is 4.31. The SMILES string of the molecule is O=C(O)CC12C=CC(C1)C(C(=O)O)C2. The van der Waals surface area contributed by atoms with Gasteiger partial charge in [-0.2, -0.15) is 0 Å². The van der Waals surface area contributed by atoms with Crippen LogP contribution in [0.5, 0.6) is 0 Å². The molecule has 0 amide bonds. The highest BCUT2D eigenvalue weighted by Gasteiger charge is 2.50. The molecule has 4 heteroatoms. The Morgan fingerprint density at radius 2 is 2.07 bits per heavy atom. The lowest BCUT2D eigenvalue weighted by atomic mass is 9.82. The number of carboxylic acid groups (broad SMARTS) is 2. The van der Waals surface area contributed by atoms with Crippen molar-refractivity contribution in [3.8, 4) is 0 Å². The third kappa shape index (κ3) is 1.31. The van der Waals surface area contributed by atoms with Crippen LogP contribution in [0, 0.1) is 17.3 Å². The Labute approximate surface area is 81.2 Å². The topological polar surface area (TPSA) is 74.6 Å². The van der Waals surface area contributed by atoms with Crippen molar-refractivity contribution in [1.29, 1.82) is 0 Å². The molecule has 1 saturated carbocycles. The van der Waals surface area contributed by atoms with Crippen molar-refractivity contribution in [2.45, 2.75) is 19.3 Å². The van der Waals surface area contributed by atoms with Gasteiger partial charge in [-0.25, -0.2) is 0 Å². The van der Waals surface area contributed by atoms with Gasteiger partial charge in [0.15, 0.2) is 0 Å². The maximum absolute atomic E-state index is 10.8. The van der Waals surface area contributed by atoms with E-state index in [2.05, 4.69) is 0 Å². The van der Waals surface area contributed by atoms with Gasteiger partial charge in [-0.3, -0.25) is 9.59 Å². The molecule has 0 spiro atoms. The zero-order valence-corrected chi connectivity index (χ0v) is 7.64. The van der Waals surface area contributed by atoms with Crippen LogP contribution in [-0.2, 0) is 9.59 Å². The molecule has 0 heterocycles. The van der Waals surface area contributed by atoms with Crippen LogP contribution >= 0.6 is 0 Å². The second kappa shape index (κ2) is 2.83. The monoisotopic (exact) mass is 196 g/mol. The summed E-state index contributed by atoms with van der Waals surface area (Å²) in [6.45, 7) is 0. The Balaban J connectivity index is 2.16. The van der Waals surface area contributed by atoms with Crippen LogP contribution in [0.25, 0.3) is 0 Å². The van der Waals surface area contributed by atoms with Crippen molar-refractivity contribution in [3.05, 3.63) is 12.2 Å². The minimum atomic E-state index is -0.846. The van der Waals surface area contributed by atoms with Crippen molar-refractivity contribution in [1.82, 2.24) is 0 Å². The van der Waals surface area contributed by atoms with E-state index in [1.807, 2.05) is 12.2 Å². The lowest BCUT2D eigenvalue weighted by Gasteiger charge is -2.22. The number of hydrogen-bond donors (Lipinski definition) is 2. The summed E-state index contributed by atoms with van der Waals surface area (Å²) in [5, 5.41) is 17.6. The number of allylic oxidation sites excluding steroid dienone is 2. The van der Waals surface area contributed by atoms with Gasteiger partial charge in [-0.1, -0.05) is 12.2 Å². The molecule has 0 aromatic rings. The van der Waals surface area contributed by atoms with Crippen LogP contribution in [0.1, 0.15) is 19.3 Å². The highest BCUT2D eigenvalue weighted by molar-refractivity contribution is 5.73. The zero-order valence-electron chi connectivity index (χ0n) is 7.64. The maximum atomic E-state index is 10.8. The second-order valence-corrected chi connectivity index (χ2v) is 4.31. The average molecular weight is 196 g/mol. The molecule has 2 rings (SSSR count). The number of rotatable bonds is 3. The van der Waals surface area contributed by atoms with E-state index >= 15 is 0 Å². The summed E-state index contributed by atoms with van der Waals surface area (Å²) >= 11 is 0. The van der Waals surface area contributed by atoms with Crippen LogP contribution in [0.4, 0.5) is 0 Å². The van der Waals surface area contributed by atoms with Crippen LogP contribution < -0.4 is 0 Å². The Morgan fingerprint density at radius 3 is 2.57 bits per heavy atom. The smallest absolute Gasteiger partial charge is 0.307 e. The van der Waals surface area contributed by atoms with Gasteiger partial charge < -0.3 is 10.2 Å². The normalized spacial score (nSPS) is 38.9. The molecule has 2 bridgehead atoms. The molecule has 4 nitrogen and oxygen atoms in total. The molecule has 76 valence electrons. The molecule has 0 aromatic carbocycles. The van der Waals surface area contributed by atoms with E-state index in [1.165, 1.54) is 0 Å². The molecule has 3 atom stereocenters. The lowest BCUT2D eigenvalue weighted by molar-refractivity contribution is -0.144. The number of carboxylic acids is 2. The Kier molecular flexibility index (Phi) is 1.87. The summed E-state index contributed by atoms with van der Waals surface area (Å²) in [6.07, 6.45) is 4.99. The Morgan fingerprint density at radius 1 is 1.36 bits per heavy atom. The Hall–Kier alpha value is -1.32. The standard InChI is InChI=1S/C10H12O4/c11-8(12)5-10-2-1-6(3-10)7(4-10)9(13)14/h1-2,6-7H,3-5H2,(H,11,12)(H,13,14). The van der Waals surface area contributed by atoms with Gasteiger partial charge in [-0.05, 0) is 18.8 Å². The van der Waals surface area contributed by atoms with E-state index in [0.717, 1.165) is 0 Å². The first-order chi connectivity index (χ1) is 6.52. The number of fused-ring (bicyclic) bond motifs is 2. The van der Waals surface area contributed by atoms with E-state index in [-0.39, 0.29) is 23.7 Å². The molecular formula is C10H12O4. The van der Waals surface area contributed by atoms with Crippen LogP contribution in [0.2, 0.25) is 0 Å². The molecule has 2 aliphatic carbocycles. The Bertz CT molecular complexity index is 320. The van der Waals surface area contributed by atoms with Crippen molar-refractivity contribution < 1.29 is 19.8 Å². The quantitative estimate of drug-likeness (QED) is 0.663. The van der Waals surface area contributed by atoms with Gasteiger partial charge in [0, 0.05) is 5.41 Å². The predicted octanol–water partition coefficient (Wildman–Crippen LogP) is 1.13. The fraction of sp³-hybridized carbons (Fsp3) is 0.600. The van der Waals surface area contributed by atoms with Gasteiger partial charge >= 0.3 is 11.9 Å². The van der Waals surface area contributed by atoms with Crippen molar-refractivity contribution in [3.63, 3.8) is 0 Å². The summed E-state index contributed by atoms with van der Waals surface area (Å²) in [5.74, 6) is -1.97. The number of carbonyl (C=O) groups is 2. The van der Waals surface area contributed by atoms with Crippen molar-refractivity contribution in [2.24, 2.45) is 17.3 Å². The molecule has 3 unspecified atom stereocenters. The van der Waals surface area contributed by atoms with Crippen molar-refractivity contribution >= 4 is 11.9 Å². The molecule has 0 radical (unpaired) electrons. The fourth-order valence-corrected chi connectivity index (χ4v) is 2.73. The zero-order chi connectivity index (χ0) is 10.3. The third-order valence-corrected chi connectivity index (χ3v) is 3.30. The highest BCUT2D eigenvalue weighted by atomic mass is 16.4. The minimum Gasteiger partial charge on any atom is -0.481 e. The number of hydrogen-bond acceptors (Lipinski definition) is 2. The average Bonchev–Trinajstić information content (AvgIpc) is 2.58. The van der Waals surface area contributed by atoms with Crippen molar-refractivity contribution in [2.75, 3.05) is 0 Å². The van der Waals surface area contributed by atoms with E-state index in [9.17, 15) is 9.59 Å². The maximum Gasteiger partial charge on any atom is 0.307 e. The molecule has 0 aliphatic heterocycles. The van der Waals surface area contributed by atoms with Crippen LogP contribution in [0.15, 0.2) is 12.2 Å². The van der Waals surface area contributed by atoms with Gasteiger partial charge in [0.1, 0.15) is 0 Å². The fourth-order valence-electron chi connectivity index (χ4n) is 2.73. The summed E-state index contributed by atoms with van der Waals surface area (Å²) in [4.78, 5) is 21.5. The number of aliphatic carboxylic acids is 2. The van der Waals surface area contributed by atoms with E-state index in [4.69, 9.17) is 10.2 Å². The first kappa shape index (κ1) is 9.24. The summed E-state index contributed by atoms with van der Waals surface area (Å²) in [7, 11) is 0. The summed E-state index contributed by atoms with van der Waals surface area (Å²) in [6, 6.07) is 0. The van der Waals surface area contributed by atoms with E-state index in [1.54, 1.807) is 0 Å². The van der Waals surface area contributed by atoms with Gasteiger partial charge in [-0.15, -0.1) is 0 Å². The molecule has 0 saturated heterocycles. The molecule has 0 aromatic heterocycles. The van der Waals surface area contributed by atoms with E-state index in [0.29, 0.717) is 12.8 Å². The minimum absolute atomic E-state index is 0.0480. The lowest BCUT2D eigenvalue weighted by Crippen LogP contribution is -2.22. The summed E-state index contributed by atoms with van der Waals surface area (Å²) < 4.78 is 0. The molecule has 1 fully saturated rings. The molecule has 2 N–H and O–H groups in total. The predicted molar refractivity (Wildman–Crippen MR) is 47.7 cm³/mol. The molecule has 2 aliphatic rings. The van der Waals surface area contributed by atoms with Gasteiger partial charge in [0.05, 0.1) is 12.3 Å². The third-order valence-electron chi connectivity index (χ3n) is 3.30.